The summed E-state index contributed by atoms with van der Waals surface area (Å²) in [6.45, 7) is 3.35. The Hall–Kier alpha value is -1.63. The van der Waals surface area contributed by atoms with Gasteiger partial charge in [0.1, 0.15) is 0 Å². The predicted molar refractivity (Wildman–Crippen MR) is 82.1 cm³/mol. The summed E-state index contributed by atoms with van der Waals surface area (Å²) in [5, 5.41) is 0. The largest absolute Gasteiger partial charge is 0.347 e. The van der Waals surface area contributed by atoms with Crippen LogP contribution < -0.4 is 10.9 Å². The van der Waals surface area contributed by atoms with E-state index < -0.39 is 5.79 Å². The maximum Gasteiger partial charge on any atom is 0.331 e. The van der Waals surface area contributed by atoms with Gasteiger partial charge in [-0.15, -0.1) is 0 Å². The van der Waals surface area contributed by atoms with E-state index in [-0.39, 0.29) is 6.03 Å². The fraction of sp³-hybridized carbons (Fsp3) is 0.562. The van der Waals surface area contributed by atoms with Crippen molar-refractivity contribution in [2.75, 3.05) is 32.8 Å². The summed E-state index contributed by atoms with van der Waals surface area (Å²) < 4.78 is 11.3. The molecule has 0 saturated carbocycles. The molecule has 0 aliphatic carbocycles. The predicted octanol–water partition coefficient (Wildman–Crippen LogP) is 1.28. The summed E-state index contributed by atoms with van der Waals surface area (Å²) in [5.74, 6) is -0.433. The Bertz CT molecular complexity index is 479. The van der Waals surface area contributed by atoms with Crippen molar-refractivity contribution in [1.29, 1.82) is 0 Å². The molecule has 1 aromatic carbocycles. The van der Waals surface area contributed by atoms with Gasteiger partial charge in [0.05, 0.1) is 13.2 Å². The second-order valence-electron chi connectivity index (χ2n) is 5.69. The van der Waals surface area contributed by atoms with Crippen LogP contribution in [0.4, 0.5) is 4.79 Å². The number of benzene rings is 1. The first-order valence-electron chi connectivity index (χ1n) is 7.87. The zero-order valence-corrected chi connectivity index (χ0v) is 12.7. The summed E-state index contributed by atoms with van der Waals surface area (Å²) >= 11 is 0. The third kappa shape index (κ3) is 3.76. The van der Waals surface area contributed by atoms with E-state index in [1.54, 1.807) is 4.90 Å². The lowest BCUT2D eigenvalue weighted by Gasteiger charge is -2.37. The molecular formula is C16H23N3O3. The molecule has 3 rings (SSSR count). The number of carbonyl (C=O) groups excluding carboxylic acids is 1. The van der Waals surface area contributed by atoms with Gasteiger partial charge in [0.25, 0.3) is 0 Å². The molecular weight excluding hydrogens is 282 g/mol. The molecule has 0 unspecified atom stereocenters. The van der Waals surface area contributed by atoms with Crippen molar-refractivity contribution in [2.24, 2.45) is 0 Å². The maximum atomic E-state index is 12.1. The number of hydrazine groups is 1. The molecule has 6 heteroatoms. The Morgan fingerprint density at radius 2 is 1.82 bits per heavy atom. The standard InChI is InChI=1S/C16H23N3O3/c20-15(18-17-9-6-14-4-2-1-3-5-14)19-10-7-16(8-11-19)21-12-13-22-16/h1-5,17H,6-13H2,(H,18,20). The van der Waals surface area contributed by atoms with Crippen LogP contribution in [0.1, 0.15) is 18.4 Å². The molecule has 2 aliphatic rings. The molecule has 22 heavy (non-hydrogen) atoms. The van der Waals surface area contributed by atoms with E-state index in [1.165, 1.54) is 5.56 Å². The minimum Gasteiger partial charge on any atom is -0.347 e. The minimum absolute atomic E-state index is 0.0825. The van der Waals surface area contributed by atoms with E-state index in [9.17, 15) is 4.79 Å². The average Bonchev–Trinajstić information content (AvgIpc) is 3.01. The van der Waals surface area contributed by atoms with Gasteiger partial charge < -0.3 is 14.4 Å². The number of urea groups is 1. The van der Waals surface area contributed by atoms with Gasteiger partial charge in [-0.3, -0.25) is 5.43 Å². The number of likely N-dealkylation sites (tertiary alicyclic amines) is 1. The number of rotatable bonds is 4. The number of amides is 2. The summed E-state index contributed by atoms with van der Waals surface area (Å²) in [6, 6.07) is 10.1. The molecule has 6 nitrogen and oxygen atoms in total. The van der Waals surface area contributed by atoms with Crippen molar-refractivity contribution in [3.8, 4) is 0 Å². The Morgan fingerprint density at radius 1 is 1.14 bits per heavy atom. The number of carbonyl (C=O) groups is 1. The SMILES string of the molecule is O=C(NNCCc1ccccc1)N1CCC2(CC1)OCCO2. The molecule has 0 aromatic heterocycles. The van der Waals surface area contributed by atoms with Gasteiger partial charge in [0.15, 0.2) is 5.79 Å². The highest BCUT2D eigenvalue weighted by Gasteiger charge is 2.40. The van der Waals surface area contributed by atoms with Crippen LogP contribution in [-0.2, 0) is 15.9 Å². The molecule has 2 fully saturated rings. The van der Waals surface area contributed by atoms with Crippen LogP contribution in [0.2, 0.25) is 0 Å². The van der Waals surface area contributed by atoms with Crippen molar-refractivity contribution in [3.05, 3.63) is 35.9 Å². The van der Waals surface area contributed by atoms with Crippen LogP contribution in [-0.4, -0.2) is 49.6 Å². The van der Waals surface area contributed by atoms with Crippen molar-refractivity contribution in [1.82, 2.24) is 15.8 Å². The zero-order valence-electron chi connectivity index (χ0n) is 12.7. The molecule has 1 spiro atoms. The van der Waals surface area contributed by atoms with E-state index in [1.807, 2.05) is 18.2 Å². The number of hydrogen-bond donors (Lipinski definition) is 2. The summed E-state index contributed by atoms with van der Waals surface area (Å²) in [4.78, 5) is 13.9. The Kier molecular flexibility index (Phi) is 4.92. The van der Waals surface area contributed by atoms with Crippen molar-refractivity contribution < 1.29 is 14.3 Å². The molecule has 1 aromatic rings. The fourth-order valence-electron chi connectivity index (χ4n) is 2.90. The molecule has 0 atom stereocenters. The zero-order chi connectivity index (χ0) is 15.3. The average molecular weight is 305 g/mol. The van der Waals surface area contributed by atoms with E-state index in [0.717, 1.165) is 19.3 Å². The summed E-state index contributed by atoms with van der Waals surface area (Å²) in [5.41, 5.74) is 6.99. The third-order valence-corrected chi connectivity index (χ3v) is 4.20. The highest BCUT2D eigenvalue weighted by atomic mass is 16.7. The van der Waals surface area contributed by atoms with Gasteiger partial charge in [-0.2, -0.15) is 0 Å². The lowest BCUT2D eigenvalue weighted by atomic mass is 10.0. The van der Waals surface area contributed by atoms with Gasteiger partial charge in [-0.05, 0) is 12.0 Å². The molecule has 2 amide bonds. The molecule has 2 heterocycles. The van der Waals surface area contributed by atoms with Gasteiger partial charge >= 0.3 is 6.03 Å². The number of hydrogen-bond acceptors (Lipinski definition) is 4. The van der Waals surface area contributed by atoms with E-state index in [4.69, 9.17) is 9.47 Å². The number of piperidine rings is 1. The van der Waals surface area contributed by atoms with Crippen LogP contribution in [0.15, 0.2) is 30.3 Å². The van der Waals surface area contributed by atoms with Crippen LogP contribution in [0.25, 0.3) is 0 Å². The number of ether oxygens (including phenoxy) is 2. The smallest absolute Gasteiger partial charge is 0.331 e. The third-order valence-electron chi connectivity index (χ3n) is 4.20. The van der Waals surface area contributed by atoms with Crippen LogP contribution in [0.3, 0.4) is 0 Å². The Morgan fingerprint density at radius 3 is 2.50 bits per heavy atom. The van der Waals surface area contributed by atoms with Gasteiger partial charge in [-0.1, -0.05) is 30.3 Å². The normalized spacial score (nSPS) is 20.3. The first-order valence-corrected chi connectivity index (χ1v) is 7.87. The highest BCUT2D eigenvalue weighted by Crippen LogP contribution is 2.31. The molecule has 120 valence electrons. The highest BCUT2D eigenvalue weighted by molar-refractivity contribution is 5.73. The molecule has 2 aliphatic heterocycles. The summed E-state index contributed by atoms with van der Waals surface area (Å²) in [7, 11) is 0. The van der Waals surface area contributed by atoms with Gasteiger partial charge in [-0.25, -0.2) is 10.2 Å². The van der Waals surface area contributed by atoms with E-state index in [2.05, 4.69) is 23.0 Å². The van der Waals surface area contributed by atoms with E-state index >= 15 is 0 Å². The van der Waals surface area contributed by atoms with E-state index in [0.29, 0.717) is 32.8 Å². The topological polar surface area (TPSA) is 62.8 Å². The Labute approximate surface area is 130 Å². The molecule has 2 N–H and O–H groups in total. The minimum atomic E-state index is -0.433. The van der Waals surface area contributed by atoms with Crippen LogP contribution in [0.5, 0.6) is 0 Å². The monoisotopic (exact) mass is 305 g/mol. The first kappa shape index (κ1) is 15.3. The second-order valence-corrected chi connectivity index (χ2v) is 5.69. The van der Waals surface area contributed by atoms with Crippen molar-refractivity contribution in [3.63, 3.8) is 0 Å². The molecule has 2 saturated heterocycles. The lowest BCUT2D eigenvalue weighted by Crippen LogP contribution is -2.53. The van der Waals surface area contributed by atoms with Crippen molar-refractivity contribution >= 4 is 6.03 Å². The number of nitrogens with zero attached hydrogens (tertiary/aromatic N) is 1. The van der Waals surface area contributed by atoms with Crippen LogP contribution in [0, 0.1) is 0 Å². The van der Waals surface area contributed by atoms with Crippen molar-refractivity contribution in [2.45, 2.75) is 25.0 Å². The van der Waals surface area contributed by atoms with Gasteiger partial charge in [0, 0.05) is 32.5 Å². The Balaban J connectivity index is 1.34. The maximum absolute atomic E-state index is 12.1. The first-order chi connectivity index (χ1) is 10.8. The molecule has 0 bridgehead atoms. The lowest BCUT2D eigenvalue weighted by molar-refractivity contribution is -0.181. The second kappa shape index (κ2) is 7.09. The number of nitrogens with one attached hydrogen (secondary N) is 2. The summed E-state index contributed by atoms with van der Waals surface area (Å²) in [6.07, 6.45) is 2.36. The van der Waals surface area contributed by atoms with Crippen LogP contribution >= 0.6 is 0 Å². The van der Waals surface area contributed by atoms with Gasteiger partial charge in [0.2, 0.25) is 0 Å². The molecule has 0 radical (unpaired) electrons. The quantitative estimate of drug-likeness (QED) is 0.650. The fourth-order valence-corrected chi connectivity index (χ4v) is 2.90.